The van der Waals surface area contributed by atoms with Gasteiger partial charge in [-0.2, -0.15) is 0 Å². The van der Waals surface area contributed by atoms with Gasteiger partial charge in [0.1, 0.15) is 11.8 Å². The maximum Gasteiger partial charge on any atom is 0.261 e. The normalized spacial score (nSPS) is 11.6. The van der Waals surface area contributed by atoms with E-state index in [2.05, 4.69) is 12.2 Å². The van der Waals surface area contributed by atoms with Crippen molar-refractivity contribution >= 4 is 11.8 Å². The Labute approximate surface area is 180 Å². The molecule has 0 aliphatic carbocycles. The lowest BCUT2D eigenvalue weighted by atomic mass is 10.1. The van der Waals surface area contributed by atoms with Gasteiger partial charge in [0.15, 0.2) is 6.61 Å². The summed E-state index contributed by atoms with van der Waals surface area (Å²) in [6, 6.07) is 13.3. The van der Waals surface area contributed by atoms with Crippen molar-refractivity contribution in [3.63, 3.8) is 0 Å². The van der Waals surface area contributed by atoms with E-state index in [4.69, 9.17) is 4.74 Å². The number of amides is 2. The number of nitrogens with zero attached hydrogens (tertiary/aromatic N) is 1. The molecule has 1 N–H and O–H groups in total. The number of rotatable bonds is 10. The molecule has 1 atom stereocenters. The van der Waals surface area contributed by atoms with Crippen molar-refractivity contribution in [2.45, 2.75) is 60.0 Å². The van der Waals surface area contributed by atoms with E-state index in [0.29, 0.717) is 18.8 Å². The molecule has 2 aromatic rings. The molecule has 2 aromatic carbocycles. The van der Waals surface area contributed by atoms with Gasteiger partial charge < -0.3 is 15.0 Å². The monoisotopic (exact) mass is 410 g/mol. The Hall–Kier alpha value is -2.82. The molecule has 0 saturated heterocycles. The van der Waals surface area contributed by atoms with Crippen molar-refractivity contribution < 1.29 is 14.3 Å². The third kappa shape index (κ3) is 6.90. The number of carbonyl (C=O) groups is 2. The highest BCUT2D eigenvalue weighted by Gasteiger charge is 2.26. The first-order valence-electron chi connectivity index (χ1n) is 10.6. The van der Waals surface area contributed by atoms with Gasteiger partial charge >= 0.3 is 0 Å². The smallest absolute Gasteiger partial charge is 0.261 e. The first-order chi connectivity index (χ1) is 14.3. The number of ether oxygens (including phenoxy) is 1. The van der Waals surface area contributed by atoms with E-state index in [1.807, 2.05) is 63.2 Å². The van der Waals surface area contributed by atoms with Gasteiger partial charge in [-0.05, 0) is 56.9 Å². The summed E-state index contributed by atoms with van der Waals surface area (Å²) in [7, 11) is 0. The van der Waals surface area contributed by atoms with Crippen LogP contribution in [0.5, 0.6) is 5.75 Å². The SMILES string of the molecule is CCCCNC(=O)C(C)N(Cc1ccc(C)cc1)C(=O)COc1cc(C)ccc1C. The predicted molar refractivity (Wildman–Crippen MR) is 121 cm³/mol. The topological polar surface area (TPSA) is 58.6 Å². The molecule has 5 heteroatoms. The highest BCUT2D eigenvalue weighted by molar-refractivity contribution is 5.87. The molecule has 0 aromatic heterocycles. The highest BCUT2D eigenvalue weighted by atomic mass is 16.5. The van der Waals surface area contributed by atoms with Gasteiger partial charge in [0.2, 0.25) is 5.91 Å². The molecule has 0 spiro atoms. The second-order valence-electron chi connectivity index (χ2n) is 7.89. The molecule has 0 heterocycles. The minimum absolute atomic E-state index is 0.108. The van der Waals surface area contributed by atoms with E-state index >= 15 is 0 Å². The van der Waals surface area contributed by atoms with Crippen LogP contribution in [0.4, 0.5) is 0 Å². The van der Waals surface area contributed by atoms with Crippen LogP contribution in [0.15, 0.2) is 42.5 Å². The molecule has 0 radical (unpaired) electrons. The Morgan fingerprint density at radius 1 is 1.03 bits per heavy atom. The number of hydrogen-bond donors (Lipinski definition) is 1. The van der Waals surface area contributed by atoms with Gasteiger partial charge in [-0.1, -0.05) is 55.3 Å². The van der Waals surface area contributed by atoms with E-state index < -0.39 is 6.04 Å². The number of benzene rings is 2. The predicted octanol–water partition coefficient (Wildman–Crippen LogP) is 4.32. The Morgan fingerprint density at radius 2 is 1.70 bits per heavy atom. The lowest BCUT2D eigenvalue weighted by Crippen LogP contribution is -2.49. The lowest BCUT2D eigenvalue weighted by Gasteiger charge is -2.29. The third-order valence-corrected chi connectivity index (χ3v) is 5.17. The Bertz CT molecular complexity index is 846. The molecule has 0 aliphatic rings. The van der Waals surface area contributed by atoms with Crippen molar-refractivity contribution in [2.75, 3.05) is 13.2 Å². The van der Waals surface area contributed by atoms with E-state index in [0.717, 1.165) is 35.1 Å². The molecular formula is C25H34N2O3. The average Bonchev–Trinajstić information content (AvgIpc) is 2.73. The number of aryl methyl sites for hydroxylation is 3. The average molecular weight is 411 g/mol. The van der Waals surface area contributed by atoms with Crippen LogP contribution in [0.25, 0.3) is 0 Å². The molecule has 1 unspecified atom stereocenters. The molecule has 30 heavy (non-hydrogen) atoms. The molecular weight excluding hydrogens is 376 g/mol. The first kappa shape index (κ1) is 23.5. The lowest BCUT2D eigenvalue weighted by molar-refractivity contribution is -0.142. The van der Waals surface area contributed by atoms with Gasteiger partial charge in [-0.3, -0.25) is 9.59 Å². The van der Waals surface area contributed by atoms with Crippen LogP contribution in [-0.4, -0.2) is 35.9 Å². The Balaban J connectivity index is 2.13. The summed E-state index contributed by atoms with van der Waals surface area (Å²) in [6.07, 6.45) is 1.92. The zero-order valence-electron chi connectivity index (χ0n) is 18.8. The zero-order chi connectivity index (χ0) is 22.1. The van der Waals surface area contributed by atoms with Crippen LogP contribution >= 0.6 is 0 Å². The minimum Gasteiger partial charge on any atom is -0.483 e. The van der Waals surface area contributed by atoms with Crippen molar-refractivity contribution in [3.8, 4) is 5.75 Å². The van der Waals surface area contributed by atoms with Gasteiger partial charge in [0.25, 0.3) is 5.91 Å². The summed E-state index contributed by atoms with van der Waals surface area (Å²) in [4.78, 5) is 27.3. The summed E-state index contributed by atoms with van der Waals surface area (Å²) in [5, 5.41) is 2.93. The fourth-order valence-corrected chi connectivity index (χ4v) is 3.09. The Morgan fingerprint density at radius 3 is 2.37 bits per heavy atom. The van der Waals surface area contributed by atoms with Crippen LogP contribution in [0.3, 0.4) is 0 Å². The largest absolute Gasteiger partial charge is 0.483 e. The zero-order valence-corrected chi connectivity index (χ0v) is 18.8. The summed E-state index contributed by atoms with van der Waals surface area (Å²) < 4.78 is 5.82. The van der Waals surface area contributed by atoms with Crippen LogP contribution in [0, 0.1) is 20.8 Å². The minimum atomic E-state index is -0.585. The Kier molecular flexibility index (Phi) is 8.90. The van der Waals surface area contributed by atoms with Gasteiger partial charge in [0.05, 0.1) is 0 Å². The second-order valence-corrected chi connectivity index (χ2v) is 7.89. The summed E-state index contributed by atoms with van der Waals surface area (Å²) in [6.45, 7) is 10.7. The standard InChI is InChI=1S/C25H34N2O3/c1-6-7-14-26-25(29)21(5)27(16-22-12-9-18(2)10-13-22)24(28)17-30-23-15-19(3)8-11-20(23)4/h8-13,15,21H,6-7,14,16-17H2,1-5H3,(H,26,29). The fourth-order valence-electron chi connectivity index (χ4n) is 3.09. The summed E-state index contributed by atoms with van der Waals surface area (Å²) >= 11 is 0. The molecule has 2 rings (SSSR count). The van der Waals surface area contributed by atoms with Gasteiger partial charge in [0, 0.05) is 13.1 Å². The number of unbranched alkanes of at least 4 members (excludes halogenated alkanes) is 1. The molecule has 2 amide bonds. The third-order valence-electron chi connectivity index (χ3n) is 5.17. The maximum atomic E-state index is 13.1. The molecule has 5 nitrogen and oxygen atoms in total. The summed E-state index contributed by atoms with van der Waals surface area (Å²) in [5.74, 6) is 0.337. The van der Waals surface area contributed by atoms with Crippen LogP contribution in [0.1, 0.15) is 48.9 Å². The van der Waals surface area contributed by atoms with Crippen molar-refractivity contribution in [2.24, 2.45) is 0 Å². The highest BCUT2D eigenvalue weighted by Crippen LogP contribution is 2.19. The number of carbonyl (C=O) groups excluding carboxylic acids is 2. The van der Waals surface area contributed by atoms with Crippen molar-refractivity contribution in [1.82, 2.24) is 10.2 Å². The van der Waals surface area contributed by atoms with Gasteiger partial charge in [-0.15, -0.1) is 0 Å². The van der Waals surface area contributed by atoms with Crippen molar-refractivity contribution in [1.29, 1.82) is 0 Å². The summed E-state index contributed by atoms with van der Waals surface area (Å²) in [5.41, 5.74) is 4.18. The molecule has 0 bridgehead atoms. The van der Waals surface area contributed by atoms with Crippen molar-refractivity contribution in [3.05, 3.63) is 64.7 Å². The first-order valence-corrected chi connectivity index (χ1v) is 10.6. The van der Waals surface area contributed by atoms with Crippen LogP contribution in [0.2, 0.25) is 0 Å². The maximum absolute atomic E-state index is 13.1. The van der Waals surface area contributed by atoms with Crippen LogP contribution < -0.4 is 10.1 Å². The van der Waals surface area contributed by atoms with E-state index in [1.165, 1.54) is 0 Å². The second kappa shape index (κ2) is 11.4. The molecule has 0 fully saturated rings. The molecule has 162 valence electrons. The number of nitrogens with one attached hydrogen (secondary N) is 1. The van der Waals surface area contributed by atoms with E-state index in [-0.39, 0.29) is 18.4 Å². The fraction of sp³-hybridized carbons (Fsp3) is 0.440. The number of hydrogen-bond acceptors (Lipinski definition) is 3. The van der Waals surface area contributed by atoms with E-state index in [1.54, 1.807) is 11.8 Å². The van der Waals surface area contributed by atoms with Gasteiger partial charge in [-0.25, -0.2) is 0 Å². The molecule has 0 aliphatic heterocycles. The van der Waals surface area contributed by atoms with Crippen LogP contribution in [-0.2, 0) is 16.1 Å². The molecule has 0 saturated carbocycles. The van der Waals surface area contributed by atoms with E-state index in [9.17, 15) is 9.59 Å². The quantitative estimate of drug-likeness (QED) is 0.593.